The third kappa shape index (κ3) is 4.08. The Morgan fingerprint density at radius 3 is 2.59 bits per heavy atom. The van der Waals surface area contributed by atoms with Gasteiger partial charge in [-0.1, -0.05) is 11.3 Å². The van der Waals surface area contributed by atoms with Gasteiger partial charge in [-0.3, -0.25) is 4.79 Å². The van der Waals surface area contributed by atoms with Gasteiger partial charge in [0.05, 0.1) is 26.1 Å². The fraction of sp³-hybridized carbons (Fsp3) is 0.250. The molecule has 1 aromatic heterocycles. The Balaban J connectivity index is 1.70. The first-order chi connectivity index (χ1) is 13.0. The molecule has 3 rings (SSSR count). The molecule has 7 heteroatoms. The second-order valence-corrected chi connectivity index (χ2v) is 6.18. The average Bonchev–Trinajstić information content (AvgIpc) is 3.18. The molecule has 1 N–H and O–H groups in total. The Morgan fingerprint density at radius 1 is 1.07 bits per heavy atom. The summed E-state index contributed by atoms with van der Waals surface area (Å²) in [7, 11) is 3.17. The van der Waals surface area contributed by atoms with E-state index in [9.17, 15) is 4.79 Å². The topological polar surface area (TPSA) is 78.3 Å². The van der Waals surface area contributed by atoms with Crippen LogP contribution in [-0.4, -0.2) is 35.1 Å². The third-order valence-corrected chi connectivity index (χ3v) is 4.41. The van der Waals surface area contributed by atoms with Crippen LogP contribution in [0.5, 0.6) is 11.5 Å². The number of ether oxygens (including phenoxy) is 2. The predicted octanol–water partition coefficient (Wildman–Crippen LogP) is 2.83. The Kier molecular flexibility index (Phi) is 5.40. The quantitative estimate of drug-likeness (QED) is 0.726. The van der Waals surface area contributed by atoms with E-state index in [2.05, 4.69) is 15.6 Å². The van der Waals surface area contributed by atoms with Crippen LogP contribution in [0.3, 0.4) is 0 Å². The van der Waals surface area contributed by atoms with Crippen LogP contribution in [-0.2, 0) is 6.54 Å². The van der Waals surface area contributed by atoms with Crippen LogP contribution in [0.25, 0.3) is 5.69 Å². The van der Waals surface area contributed by atoms with E-state index >= 15 is 0 Å². The minimum absolute atomic E-state index is 0.251. The van der Waals surface area contributed by atoms with Crippen molar-refractivity contribution in [3.05, 3.63) is 65.0 Å². The first kappa shape index (κ1) is 18.4. The highest BCUT2D eigenvalue weighted by Gasteiger charge is 2.13. The summed E-state index contributed by atoms with van der Waals surface area (Å²) < 4.78 is 12.1. The lowest BCUT2D eigenvalue weighted by Crippen LogP contribution is -2.23. The number of rotatable bonds is 6. The van der Waals surface area contributed by atoms with E-state index in [-0.39, 0.29) is 11.6 Å². The van der Waals surface area contributed by atoms with Gasteiger partial charge in [0, 0.05) is 18.2 Å². The van der Waals surface area contributed by atoms with Crippen molar-refractivity contribution in [3.63, 3.8) is 0 Å². The Labute approximate surface area is 157 Å². The molecule has 0 aliphatic carbocycles. The molecular weight excluding hydrogens is 344 g/mol. The summed E-state index contributed by atoms with van der Waals surface area (Å²) in [6.45, 7) is 4.39. The molecule has 1 amide bonds. The van der Waals surface area contributed by atoms with Gasteiger partial charge in [0.15, 0.2) is 5.69 Å². The van der Waals surface area contributed by atoms with Gasteiger partial charge >= 0.3 is 0 Å². The van der Waals surface area contributed by atoms with Crippen LogP contribution in [0.1, 0.15) is 27.2 Å². The van der Waals surface area contributed by atoms with Crippen molar-refractivity contribution in [2.75, 3.05) is 14.2 Å². The zero-order valence-corrected chi connectivity index (χ0v) is 15.8. The Bertz CT molecular complexity index is 966. The number of nitrogens with one attached hydrogen (secondary N) is 1. The molecule has 1 heterocycles. The van der Waals surface area contributed by atoms with Crippen LogP contribution in [0.4, 0.5) is 0 Å². The summed E-state index contributed by atoms with van der Waals surface area (Å²) in [6, 6.07) is 11.4. The van der Waals surface area contributed by atoms with Crippen LogP contribution in [0, 0.1) is 13.8 Å². The monoisotopic (exact) mass is 366 g/mol. The molecule has 0 aliphatic rings. The highest BCUT2D eigenvalue weighted by molar-refractivity contribution is 5.91. The molecule has 0 atom stereocenters. The van der Waals surface area contributed by atoms with Crippen molar-refractivity contribution in [3.8, 4) is 17.2 Å². The van der Waals surface area contributed by atoms with Crippen LogP contribution in [0.15, 0.2) is 42.6 Å². The maximum atomic E-state index is 12.4. The standard InChI is InChI=1S/C20H22N4O3/c1-13-5-7-16(9-14(13)2)24-12-18(22-23-24)20(25)21-11-15-6-8-17(26-3)10-19(15)27-4/h5-10,12H,11H2,1-4H3,(H,21,25). The number of methoxy groups -OCH3 is 2. The Hall–Kier alpha value is -3.35. The first-order valence-electron chi connectivity index (χ1n) is 8.51. The van der Waals surface area contributed by atoms with Crippen molar-refractivity contribution in [1.29, 1.82) is 0 Å². The lowest BCUT2D eigenvalue weighted by molar-refractivity contribution is 0.0945. The van der Waals surface area contributed by atoms with Crippen LogP contribution >= 0.6 is 0 Å². The molecule has 7 nitrogen and oxygen atoms in total. The largest absolute Gasteiger partial charge is 0.497 e. The minimum atomic E-state index is -0.303. The second-order valence-electron chi connectivity index (χ2n) is 6.18. The number of hydrogen-bond acceptors (Lipinski definition) is 5. The highest BCUT2D eigenvalue weighted by atomic mass is 16.5. The molecule has 27 heavy (non-hydrogen) atoms. The number of hydrogen-bond donors (Lipinski definition) is 1. The average molecular weight is 366 g/mol. The molecule has 0 unspecified atom stereocenters. The Morgan fingerprint density at radius 2 is 1.89 bits per heavy atom. The minimum Gasteiger partial charge on any atom is -0.497 e. The summed E-state index contributed by atoms with van der Waals surface area (Å²) in [5, 5.41) is 10.9. The zero-order valence-electron chi connectivity index (χ0n) is 15.8. The van der Waals surface area contributed by atoms with Gasteiger partial charge < -0.3 is 14.8 Å². The fourth-order valence-electron chi connectivity index (χ4n) is 2.63. The number of aryl methyl sites for hydroxylation is 2. The number of amides is 1. The zero-order chi connectivity index (χ0) is 19.4. The molecule has 0 radical (unpaired) electrons. The van der Waals surface area contributed by atoms with Crippen molar-refractivity contribution in [2.24, 2.45) is 0 Å². The van der Waals surface area contributed by atoms with Gasteiger partial charge in [-0.15, -0.1) is 5.10 Å². The maximum Gasteiger partial charge on any atom is 0.273 e. The molecule has 140 valence electrons. The van der Waals surface area contributed by atoms with E-state index in [1.807, 2.05) is 44.2 Å². The van der Waals surface area contributed by atoms with Gasteiger partial charge in [-0.2, -0.15) is 0 Å². The lowest BCUT2D eigenvalue weighted by atomic mass is 10.1. The predicted molar refractivity (Wildman–Crippen MR) is 102 cm³/mol. The highest BCUT2D eigenvalue weighted by Crippen LogP contribution is 2.24. The third-order valence-electron chi connectivity index (χ3n) is 4.41. The molecule has 0 spiro atoms. The van der Waals surface area contributed by atoms with E-state index in [1.54, 1.807) is 31.2 Å². The van der Waals surface area contributed by atoms with E-state index in [4.69, 9.17) is 9.47 Å². The van der Waals surface area contributed by atoms with Gasteiger partial charge in [0.1, 0.15) is 11.5 Å². The van der Waals surface area contributed by atoms with Gasteiger partial charge in [0.25, 0.3) is 5.91 Å². The maximum absolute atomic E-state index is 12.4. The first-order valence-corrected chi connectivity index (χ1v) is 8.51. The number of carbonyl (C=O) groups is 1. The molecule has 0 aliphatic heterocycles. The van der Waals surface area contributed by atoms with Crippen LogP contribution in [0.2, 0.25) is 0 Å². The summed E-state index contributed by atoms with van der Waals surface area (Å²) in [5.74, 6) is 1.04. The van der Waals surface area contributed by atoms with Crippen LogP contribution < -0.4 is 14.8 Å². The summed E-state index contributed by atoms with van der Waals surface area (Å²) in [4.78, 5) is 12.4. The van der Waals surface area contributed by atoms with Crippen molar-refractivity contribution in [1.82, 2.24) is 20.3 Å². The SMILES string of the molecule is COc1ccc(CNC(=O)c2cn(-c3ccc(C)c(C)c3)nn2)c(OC)c1. The molecule has 2 aromatic carbocycles. The lowest BCUT2D eigenvalue weighted by Gasteiger charge is -2.10. The number of benzene rings is 2. The van der Waals surface area contributed by atoms with E-state index in [0.29, 0.717) is 18.0 Å². The van der Waals surface area contributed by atoms with E-state index in [1.165, 1.54) is 5.56 Å². The van der Waals surface area contributed by atoms with Gasteiger partial charge in [-0.25, -0.2) is 4.68 Å². The van der Waals surface area contributed by atoms with Crippen molar-refractivity contribution in [2.45, 2.75) is 20.4 Å². The van der Waals surface area contributed by atoms with E-state index in [0.717, 1.165) is 16.8 Å². The molecule has 3 aromatic rings. The van der Waals surface area contributed by atoms with Crippen molar-refractivity contribution >= 4 is 5.91 Å². The normalized spacial score (nSPS) is 10.5. The van der Waals surface area contributed by atoms with Gasteiger partial charge in [-0.05, 0) is 49.2 Å². The molecular formula is C20H22N4O3. The smallest absolute Gasteiger partial charge is 0.273 e. The molecule has 0 bridgehead atoms. The summed E-state index contributed by atoms with van der Waals surface area (Å²) >= 11 is 0. The number of carbonyl (C=O) groups excluding carboxylic acids is 1. The number of nitrogens with zero attached hydrogens (tertiary/aromatic N) is 3. The fourth-order valence-corrected chi connectivity index (χ4v) is 2.63. The second kappa shape index (κ2) is 7.90. The number of aromatic nitrogens is 3. The molecule has 0 saturated carbocycles. The summed E-state index contributed by atoms with van der Waals surface area (Å²) in [5.41, 5.74) is 4.31. The summed E-state index contributed by atoms with van der Waals surface area (Å²) in [6.07, 6.45) is 1.62. The molecule has 0 saturated heterocycles. The van der Waals surface area contributed by atoms with E-state index < -0.39 is 0 Å². The molecule has 0 fully saturated rings. The van der Waals surface area contributed by atoms with Crippen molar-refractivity contribution < 1.29 is 14.3 Å². The van der Waals surface area contributed by atoms with Gasteiger partial charge in [0.2, 0.25) is 0 Å².